The van der Waals surface area contributed by atoms with Crippen molar-refractivity contribution in [2.24, 2.45) is 0 Å². The number of ether oxygens (including phenoxy) is 1. The zero-order valence-corrected chi connectivity index (χ0v) is 12.2. The summed E-state index contributed by atoms with van der Waals surface area (Å²) in [4.78, 5) is 0. The van der Waals surface area contributed by atoms with Crippen LogP contribution in [0.3, 0.4) is 0 Å². The molecular weight excluding hydrogens is 248 g/mol. The van der Waals surface area contributed by atoms with E-state index in [4.69, 9.17) is 4.74 Å². The standard InChI is InChI=1S/C18H22O2/c1-3-15-4-6-17(7-5-15)13-20-18-10-8-16(9-11-18)12-14(2)19/h4-11,14,19H,3,12-13H2,1-2H3. The highest BCUT2D eigenvalue weighted by Crippen LogP contribution is 2.15. The molecule has 1 atom stereocenters. The van der Waals surface area contributed by atoms with Gasteiger partial charge in [0.2, 0.25) is 0 Å². The maximum atomic E-state index is 9.34. The highest BCUT2D eigenvalue weighted by Gasteiger charge is 2.00. The second-order valence-electron chi connectivity index (χ2n) is 5.16. The molecule has 2 aromatic carbocycles. The zero-order valence-electron chi connectivity index (χ0n) is 12.2. The van der Waals surface area contributed by atoms with Crippen molar-refractivity contribution in [3.8, 4) is 5.75 Å². The van der Waals surface area contributed by atoms with E-state index in [1.165, 1.54) is 11.1 Å². The highest BCUT2D eigenvalue weighted by molar-refractivity contribution is 5.28. The Kier molecular flexibility index (Phi) is 5.19. The predicted molar refractivity (Wildman–Crippen MR) is 82.0 cm³/mol. The lowest BCUT2D eigenvalue weighted by molar-refractivity contribution is 0.195. The summed E-state index contributed by atoms with van der Waals surface area (Å²) in [7, 11) is 0. The zero-order chi connectivity index (χ0) is 14.4. The summed E-state index contributed by atoms with van der Waals surface area (Å²) >= 11 is 0. The lowest BCUT2D eigenvalue weighted by Crippen LogP contribution is -2.03. The van der Waals surface area contributed by atoms with E-state index in [-0.39, 0.29) is 6.10 Å². The molecule has 0 amide bonds. The van der Waals surface area contributed by atoms with E-state index in [2.05, 4.69) is 31.2 Å². The Labute approximate surface area is 121 Å². The van der Waals surface area contributed by atoms with E-state index in [9.17, 15) is 5.11 Å². The fourth-order valence-electron chi connectivity index (χ4n) is 2.10. The van der Waals surface area contributed by atoms with Gasteiger partial charge in [-0.3, -0.25) is 0 Å². The number of aliphatic hydroxyl groups is 1. The van der Waals surface area contributed by atoms with Gasteiger partial charge in [0, 0.05) is 0 Å². The molecule has 2 nitrogen and oxygen atoms in total. The third-order valence-corrected chi connectivity index (χ3v) is 3.29. The minimum atomic E-state index is -0.307. The largest absolute Gasteiger partial charge is 0.489 e. The Morgan fingerprint density at radius 2 is 1.45 bits per heavy atom. The van der Waals surface area contributed by atoms with Gasteiger partial charge in [0.25, 0.3) is 0 Å². The van der Waals surface area contributed by atoms with Crippen molar-refractivity contribution >= 4 is 0 Å². The molecule has 2 aromatic rings. The summed E-state index contributed by atoms with van der Waals surface area (Å²) in [5.74, 6) is 0.860. The van der Waals surface area contributed by atoms with Crippen LogP contribution in [0.5, 0.6) is 5.75 Å². The molecule has 0 aliphatic rings. The highest BCUT2D eigenvalue weighted by atomic mass is 16.5. The van der Waals surface area contributed by atoms with E-state index in [0.717, 1.165) is 17.7 Å². The van der Waals surface area contributed by atoms with Gasteiger partial charge < -0.3 is 9.84 Å². The van der Waals surface area contributed by atoms with Crippen molar-refractivity contribution in [2.75, 3.05) is 0 Å². The number of rotatable bonds is 6. The Bertz CT molecular complexity index is 512. The normalized spacial score (nSPS) is 12.2. The SMILES string of the molecule is CCc1ccc(COc2ccc(CC(C)O)cc2)cc1. The van der Waals surface area contributed by atoms with Gasteiger partial charge >= 0.3 is 0 Å². The van der Waals surface area contributed by atoms with Crippen LogP contribution in [0.4, 0.5) is 0 Å². The van der Waals surface area contributed by atoms with Crippen molar-refractivity contribution in [1.29, 1.82) is 0 Å². The van der Waals surface area contributed by atoms with Gasteiger partial charge in [-0.1, -0.05) is 43.3 Å². The average Bonchev–Trinajstić information content (AvgIpc) is 2.46. The van der Waals surface area contributed by atoms with Crippen LogP contribution in [0, 0.1) is 0 Å². The van der Waals surface area contributed by atoms with Gasteiger partial charge in [-0.2, -0.15) is 0 Å². The fraction of sp³-hybridized carbons (Fsp3) is 0.333. The van der Waals surface area contributed by atoms with Crippen molar-refractivity contribution in [3.63, 3.8) is 0 Å². The first-order chi connectivity index (χ1) is 9.67. The second kappa shape index (κ2) is 7.11. The lowest BCUT2D eigenvalue weighted by Gasteiger charge is -2.09. The molecule has 0 heterocycles. The molecule has 20 heavy (non-hydrogen) atoms. The van der Waals surface area contributed by atoms with Crippen LogP contribution in [0.25, 0.3) is 0 Å². The summed E-state index contributed by atoms with van der Waals surface area (Å²) in [5.41, 5.74) is 3.64. The predicted octanol–water partition coefficient (Wildman–Crippen LogP) is 3.75. The monoisotopic (exact) mass is 270 g/mol. The van der Waals surface area contributed by atoms with Crippen molar-refractivity contribution in [1.82, 2.24) is 0 Å². The van der Waals surface area contributed by atoms with Crippen LogP contribution in [0.1, 0.15) is 30.5 Å². The van der Waals surface area contributed by atoms with E-state index in [1.807, 2.05) is 24.3 Å². The van der Waals surface area contributed by atoms with Crippen molar-refractivity contribution in [2.45, 2.75) is 39.4 Å². The van der Waals surface area contributed by atoms with E-state index in [1.54, 1.807) is 6.92 Å². The molecule has 0 fully saturated rings. The number of hydrogen-bond acceptors (Lipinski definition) is 2. The van der Waals surface area contributed by atoms with Crippen LogP contribution in [0.2, 0.25) is 0 Å². The van der Waals surface area contributed by atoms with E-state index in [0.29, 0.717) is 13.0 Å². The first kappa shape index (κ1) is 14.6. The van der Waals surface area contributed by atoms with Gasteiger partial charge in [0.05, 0.1) is 6.10 Å². The average molecular weight is 270 g/mol. The lowest BCUT2D eigenvalue weighted by atomic mass is 10.1. The Hall–Kier alpha value is -1.80. The Morgan fingerprint density at radius 3 is 2.00 bits per heavy atom. The summed E-state index contributed by atoms with van der Waals surface area (Å²) in [6.07, 6.45) is 1.43. The van der Waals surface area contributed by atoms with E-state index < -0.39 is 0 Å². The summed E-state index contributed by atoms with van der Waals surface area (Å²) in [6.45, 7) is 4.53. The molecule has 0 radical (unpaired) electrons. The molecule has 0 saturated carbocycles. The minimum Gasteiger partial charge on any atom is -0.489 e. The molecular formula is C18H22O2. The van der Waals surface area contributed by atoms with Gasteiger partial charge in [0.1, 0.15) is 12.4 Å². The molecule has 0 spiro atoms. The molecule has 1 unspecified atom stereocenters. The van der Waals surface area contributed by atoms with Crippen LogP contribution < -0.4 is 4.74 Å². The summed E-state index contributed by atoms with van der Waals surface area (Å²) in [6, 6.07) is 16.4. The molecule has 0 saturated heterocycles. The topological polar surface area (TPSA) is 29.5 Å². The Balaban J connectivity index is 1.89. The smallest absolute Gasteiger partial charge is 0.119 e. The molecule has 0 aliphatic carbocycles. The number of aliphatic hydroxyl groups excluding tert-OH is 1. The van der Waals surface area contributed by atoms with Gasteiger partial charge in [-0.05, 0) is 48.6 Å². The quantitative estimate of drug-likeness (QED) is 0.866. The van der Waals surface area contributed by atoms with Crippen LogP contribution in [-0.4, -0.2) is 11.2 Å². The molecule has 0 aromatic heterocycles. The number of hydrogen-bond donors (Lipinski definition) is 1. The summed E-state index contributed by atoms with van der Waals surface area (Å²) in [5, 5.41) is 9.34. The molecule has 2 rings (SSSR count). The van der Waals surface area contributed by atoms with Gasteiger partial charge in [-0.25, -0.2) is 0 Å². The Morgan fingerprint density at radius 1 is 0.900 bits per heavy atom. The number of benzene rings is 2. The third kappa shape index (κ3) is 4.39. The minimum absolute atomic E-state index is 0.307. The molecule has 0 aliphatic heterocycles. The first-order valence-corrected chi connectivity index (χ1v) is 7.15. The van der Waals surface area contributed by atoms with Gasteiger partial charge in [0.15, 0.2) is 0 Å². The maximum absolute atomic E-state index is 9.34. The van der Waals surface area contributed by atoms with Crippen LogP contribution in [-0.2, 0) is 19.4 Å². The molecule has 106 valence electrons. The van der Waals surface area contributed by atoms with Gasteiger partial charge in [-0.15, -0.1) is 0 Å². The van der Waals surface area contributed by atoms with Crippen molar-refractivity contribution in [3.05, 3.63) is 65.2 Å². The number of aryl methyl sites for hydroxylation is 1. The van der Waals surface area contributed by atoms with E-state index >= 15 is 0 Å². The maximum Gasteiger partial charge on any atom is 0.119 e. The van der Waals surface area contributed by atoms with Crippen molar-refractivity contribution < 1.29 is 9.84 Å². The van der Waals surface area contributed by atoms with Crippen LogP contribution in [0.15, 0.2) is 48.5 Å². The summed E-state index contributed by atoms with van der Waals surface area (Å²) < 4.78 is 5.76. The fourth-order valence-corrected chi connectivity index (χ4v) is 2.10. The molecule has 2 heteroatoms. The molecule has 0 bridgehead atoms. The third-order valence-electron chi connectivity index (χ3n) is 3.29. The first-order valence-electron chi connectivity index (χ1n) is 7.15. The van der Waals surface area contributed by atoms with Crippen LogP contribution >= 0.6 is 0 Å². The molecule has 1 N–H and O–H groups in total. The second-order valence-corrected chi connectivity index (χ2v) is 5.16.